The van der Waals surface area contributed by atoms with Crippen LogP contribution in [0.5, 0.6) is 5.75 Å². The lowest BCUT2D eigenvalue weighted by atomic mass is 9.87. The number of alkyl halides is 3. The number of benzene rings is 3. The summed E-state index contributed by atoms with van der Waals surface area (Å²) in [5, 5.41) is 0. The molecule has 0 heterocycles. The highest BCUT2D eigenvalue weighted by molar-refractivity contribution is 5.64. The van der Waals surface area contributed by atoms with E-state index in [4.69, 9.17) is 0 Å². The van der Waals surface area contributed by atoms with Crippen LogP contribution in [0.25, 0.3) is 11.1 Å². The summed E-state index contributed by atoms with van der Waals surface area (Å²) in [5.41, 5.74) is 5.53. The third-order valence-electron chi connectivity index (χ3n) is 5.22. The maximum absolute atomic E-state index is 12.3. The maximum atomic E-state index is 12.3. The summed E-state index contributed by atoms with van der Waals surface area (Å²) < 4.78 is 40.9. The van der Waals surface area contributed by atoms with Crippen molar-refractivity contribution in [1.82, 2.24) is 4.90 Å². The van der Waals surface area contributed by atoms with E-state index in [1.165, 1.54) is 23.3 Å². The molecule has 0 fully saturated rings. The van der Waals surface area contributed by atoms with Crippen LogP contribution in [0.1, 0.15) is 37.5 Å². The van der Waals surface area contributed by atoms with Gasteiger partial charge in [-0.15, -0.1) is 13.2 Å². The van der Waals surface area contributed by atoms with E-state index in [1.807, 2.05) is 30.5 Å². The number of ether oxygens (including phenoxy) is 1. The molecule has 2 nitrogen and oxygen atoms in total. The number of hydrogen-bond donors (Lipinski definition) is 0. The summed E-state index contributed by atoms with van der Waals surface area (Å²) >= 11 is 0. The van der Waals surface area contributed by atoms with Gasteiger partial charge in [-0.25, -0.2) is 0 Å². The zero-order chi connectivity index (χ0) is 23.4. The van der Waals surface area contributed by atoms with E-state index in [9.17, 15) is 13.2 Å². The molecular formula is C27H28F3NO. The first-order valence-corrected chi connectivity index (χ1v) is 10.4. The van der Waals surface area contributed by atoms with Crippen LogP contribution in [0.2, 0.25) is 0 Å². The Bertz CT molecular complexity index is 1010. The molecule has 168 valence electrons. The Morgan fingerprint density at radius 3 is 1.59 bits per heavy atom. The lowest BCUT2D eigenvalue weighted by Gasteiger charge is -2.22. The molecule has 0 aliphatic heterocycles. The van der Waals surface area contributed by atoms with Crippen LogP contribution in [-0.2, 0) is 18.5 Å². The van der Waals surface area contributed by atoms with Crippen LogP contribution < -0.4 is 4.74 Å². The monoisotopic (exact) mass is 439 g/mol. The van der Waals surface area contributed by atoms with Gasteiger partial charge in [-0.05, 0) is 51.6 Å². The predicted octanol–water partition coefficient (Wildman–Crippen LogP) is 7.70. The van der Waals surface area contributed by atoms with Gasteiger partial charge in [0.2, 0.25) is 0 Å². The molecule has 0 N–H and O–H groups in total. The molecule has 0 radical (unpaired) electrons. The second kappa shape index (κ2) is 9.51. The molecule has 0 saturated heterocycles. The minimum absolute atomic E-state index is 0.129. The highest BCUT2D eigenvalue weighted by Gasteiger charge is 2.30. The summed E-state index contributed by atoms with van der Waals surface area (Å²) in [4.78, 5) is 2.14. The fraction of sp³-hybridized carbons (Fsp3) is 0.259. The Labute approximate surface area is 188 Å². The van der Waals surface area contributed by atoms with Gasteiger partial charge in [-0.2, -0.15) is 0 Å². The van der Waals surface area contributed by atoms with E-state index < -0.39 is 6.36 Å². The highest BCUT2D eigenvalue weighted by Crippen LogP contribution is 2.27. The van der Waals surface area contributed by atoms with Crippen molar-refractivity contribution >= 4 is 0 Å². The maximum Gasteiger partial charge on any atom is 0.573 e. The van der Waals surface area contributed by atoms with Gasteiger partial charge in [-0.1, -0.05) is 88.0 Å². The normalized spacial score (nSPS) is 11.8. The lowest BCUT2D eigenvalue weighted by molar-refractivity contribution is -0.274. The van der Waals surface area contributed by atoms with Gasteiger partial charge in [0.15, 0.2) is 0 Å². The Kier molecular flexibility index (Phi) is 6.97. The molecule has 3 aromatic carbocycles. The number of nitrogens with zero attached hydrogens (tertiary/aromatic N) is 1. The van der Waals surface area contributed by atoms with E-state index >= 15 is 0 Å². The second-order valence-corrected chi connectivity index (χ2v) is 8.80. The zero-order valence-corrected chi connectivity index (χ0v) is 18.6. The summed E-state index contributed by atoms with van der Waals surface area (Å²) in [5.74, 6) is -0.227. The molecule has 32 heavy (non-hydrogen) atoms. The molecule has 0 amide bonds. The van der Waals surface area contributed by atoms with Gasteiger partial charge < -0.3 is 9.64 Å². The summed E-state index contributed by atoms with van der Waals surface area (Å²) in [7, 11) is 0. The minimum Gasteiger partial charge on any atom is -0.406 e. The van der Waals surface area contributed by atoms with E-state index in [2.05, 4.69) is 61.3 Å². The van der Waals surface area contributed by atoms with Crippen molar-refractivity contribution in [2.45, 2.75) is 45.6 Å². The van der Waals surface area contributed by atoms with E-state index in [0.29, 0.717) is 6.54 Å². The highest BCUT2D eigenvalue weighted by atomic mass is 19.4. The molecule has 0 unspecified atom stereocenters. The Morgan fingerprint density at radius 2 is 1.19 bits per heavy atom. The number of halogens is 3. The van der Waals surface area contributed by atoms with Crippen LogP contribution in [0.3, 0.4) is 0 Å². The van der Waals surface area contributed by atoms with Gasteiger partial charge in [0.25, 0.3) is 0 Å². The first kappa shape index (κ1) is 23.5. The third kappa shape index (κ3) is 6.64. The number of hydrogen-bond acceptors (Lipinski definition) is 2. The van der Waals surface area contributed by atoms with Crippen molar-refractivity contribution in [2.75, 3.05) is 0 Å². The fourth-order valence-electron chi connectivity index (χ4n) is 3.42. The zero-order valence-electron chi connectivity index (χ0n) is 18.6. The van der Waals surface area contributed by atoms with Gasteiger partial charge in [-0.3, -0.25) is 0 Å². The Hall–Kier alpha value is -3.21. The van der Waals surface area contributed by atoms with Crippen molar-refractivity contribution in [3.8, 4) is 16.9 Å². The third-order valence-corrected chi connectivity index (χ3v) is 5.22. The van der Waals surface area contributed by atoms with Gasteiger partial charge in [0.1, 0.15) is 5.75 Å². The summed E-state index contributed by atoms with van der Waals surface area (Å²) in [6, 6.07) is 22.5. The molecule has 0 aromatic heterocycles. The van der Waals surface area contributed by atoms with E-state index in [0.717, 1.165) is 23.2 Å². The van der Waals surface area contributed by atoms with Crippen molar-refractivity contribution in [2.24, 2.45) is 0 Å². The Balaban J connectivity index is 1.63. The number of rotatable bonds is 7. The smallest absolute Gasteiger partial charge is 0.406 e. The van der Waals surface area contributed by atoms with Crippen molar-refractivity contribution in [1.29, 1.82) is 0 Å². The topological polar surface area (TPSA) is 12.5 Å². The molecule has 0 atom stereocenters. The molecular weight excluding hydrogens is 411 g/mol. The molecule has 0 aliphatic carbocycles. The summed E-state index contributed by atoms with van der Waals surface area (Å²) in [6.07, 6.45) is -2.85. The van der Waals surface area contributed by atoms with Crippen LogP contribution in [-0.4, -0.2) is 11.3 Å². The quantitative estimate of drug-likeness (QED) is 0.374. The van der Waals surface area contributed by atoms with Crippen LogP contribution >= 0.6 is 0 Å². The van der Waals surface area contributed by atoms with Crippen LogP contribution in [0, 0.1) is 0 Å². The molecule has 3 aromatic rings. The Morgan fingerprint density at radius 1 is 0.750 bits per heavy atom. The lowest BCUT2D eigenvalue weighted by Crippen LogP contribution is -2.17. The first-order chi connectivity index (χ1) is 15.0. The molecule has 0 aliphatic rings. The fourth-order valence-corrected chi connectivity index (χ4v) is 3.42. The van der Waals surface area contributed by atoms with Crippen molar-refractivity contribution < 1.29 is 17.9 Å². The van der Waals surface area contributed by atoms with Crippen LogP contribution in [0.15, 0.2) is 85.6 Å². The van der Waals surface area contributed by atoms with Gasteiger partial charge in [0, 0.05) is 13.1 Å². The molecule has 3 rings (SSSR count). The molecule has 5 heteroatoms. The molecule has 0 bridgehead atoms. The van der Waals surface area contributed by atoms with Crippen LogP contribution in [0.4, 0.5) is 13.2 Å². The van der Waals surface area contributed by atoms with E-state index in [1.54, 1.807) is 12.1 Å². The minimum atomic E-state index is -4.69. The predicted molar refractivity (Wildman–Crippen MR) is 123 cm³/mol. The first-order valence-electron chi connectivity index (χ1n) is 10.4. The van der Waals surface area contributed by atoms with Crippen molar-refractivity contribution in [3.05, 3.63) is 102 Å². The molecule has 0 saturated carbocycles. The van der Waals surface area contributed by atoms with Crippen molar-refractivity contribution in [3.63, 3.8) is 0 Å². The summed E-state index contributed by atoms with van der Waals surface area (Å²) in [6.45, 7) is 12.0. The molecule has 0 spiro atoms. The average Bonchev–Trinajstić information content (AvgIpc) is 2.73. The van der Waals surface area contributed by atoms with Gasteiger partial charge in [0.05, 0.1) is 0 Å². The van der Waals surface area contributed by atoms with E-state index in [-0.39, 0.29) is 11.2 Å². The largest absolute Gasteiger partial charge is 0.573 e. The SMILES string of the molecule is C=CN(Cc1ccc(-c2ccc(OC(F)(F)F)cc2)cc1)Cc1ccc(C(C)(C)C)cc1. The second-order valence-electron chi connectivity index (χ2n) is 8.80. The average molecular weight is 440 g/mol. The van der Waals surface area contributed by atoms with Gasteiger partial charge >= 0.3 is 6.36 Å². The standard InChI is InChI=1S/C27H28F3NO/c1-5-31(19-21-8-14-24(15-9-21)26(2,3)4)18-20-6-10-22(11-7-20)23-12-16-25(17-13-23)32-27(28,29)30/h5-17H,1,18-19H2,2-4H3.